The van der Waals surface area contributed by atoms with Gasteiger partial charge in [-0.1, -0.05) is 63.5 Å². The van der Waals surface area contributed by atoms with Gasteiger partial charge >= 0.3 is 6.09 Å². The standard InChI is InChI=1S/C32H35FN2O3/c1-3-5-7-8-22-35(28-20-21-29(33)30(23-28)38-32(34)37)31(36)27-18-16-26(17-19-27)15-14-25-12-10-24(11-13-25)9-6-4-2/h10-13,16-21,23H,3-9,22H2,1-2H3,(H2,34,37). The number of carbonyl (C=O) groups is 2. The van der Waals surface area contributed by atoms with Crippen LogP contribution < -0.4 is 15.4 Å². The quantitative estimate of drug-likeness (QED) is 0.216. The summed E-state index contributed by atoms with van der Waals surface area (Å²) in [7, 11) is 0. The summed E-state index contributed by atoms with van der Waals surface area (Å²) in [6.45, 7) is 4.74. The van der Waals surface area contributed by atoms with Crippen LogP contribution >= 0.6 is 0 Å². The van der Waals surface area contributed by atoms with E-state index in [4.69, 9.17) is 10.5 Å². The molecule has 0 atom stereocenters. The third kappa shape index (κ3) is 8.48. The summed E-state index contributed by atoms with van der Waals surface area (Å²) in [6, 6.07) is 19.4. The van der Waals surface area contributed by atoms with E-state index < -0.39 is 11.9 Å². The van der Waals surface area contributed by atoms with Crippen molar-refractivity contribution < 1.29 is 18.7 Å². The van der Waals surface area contributed by atoms with Crippen molar-refractivity contribution in [3.63, 3.8) is 0 Å². The highest BCUT2D eigenvalue weighted by atomic mass is 19.1. The molecule has 2 N–H and O–H groups in total. The molecule has 0 radical (unpaired) electrons. The second kappa shape index (κ2) is 14.6. The molecular formula is C32H35FN2O3. The molecule has 2 amide bonds. The van der Waals surface area contributed by atoms with Gasteiger partial charge in [0, 0.05) is 35.0 Å². The number of carbonyl (C=O) groups excluding carboxylic acids is 2. The average Bonchev–Trinajstić information content (AvgIpc) is 2.92. The summed E-state index contributed by atoms with van der Waals surface area (Å²) in [6.07, 6.45) is 6.16. The van der Waals surface area contributed by atoms with E-state index in [1.54, 1.807) is 17.0 Å². The molecule has 0 heterocycles. The highest BCUT2D eigenvalue weighted by Crippen LogP contribution is 2.27. The van der Waals surface area contributed by atoms with Crippen LogP contribution in [0.2, 0.25) is 0 Å². The fourth-order valence-electron chi connectivity index (χ4n) is 4.02. The average molecular weight is 515 g/mol. The van der Waals surface area contributed by atoms with E-state index in [9.17, 15) is 14.0 Å². The number of amides is 2. The molecule has 0 bridgehead atoms. The van der Waals surface area contributed by atoms with Crippen molar-refractivity contribution in [3.8, 4) is 17.6 Å². The molecule has 0 unspecified atom stereocenters. The molecule has 0 saturated carbocycles. The lowest BCUT2D eigenvalue weighted by molar-refractivity contribution is 0.0986. The summed E-state index contributed by atoms with van der Waals surface area (Å²) in [4.78, 5) is 26.2. The van der Waals surface area contributed by atoms with Crippen LogP contribution in [0.25, 0.3) is 0 Å². The molecule has 0 aliphatic heterocycles. The fraction of sp³-hybridized carbons (Fsp3) is 0.312. The lowest BCUT2D eigenvalue weighted by atomic mass is 10.1. The van der Waals surface area contributed by atoms with Crippen molar-refractivity contribution in [2.45, 2.75) is 58.8 Å². The number of nitrogens with two attached hydrogens (primary N) is 1. The monoisotopic (exact) mass is 514 g/mol. The summed E-state index contributed by atoms with van der Waals surface area (Å²) in [5.74, 6) is 5.05. The Bertz CT molecular complexity index is 1270. The molecular weight excluding hydrogens is 479 g/mol. The zero-order chi connectivity index (χ0) is 27.3. The van der Waals surface area contributed by atoms with Crippen LogP contribution in [-0.2, 0) is 6.42 Å². The Kier molecular flexibility index (Phi) is 10.9. The molecule has 0 aliphatic carbocycles. The Balaban J connectivity index is 1.78. The number of nitrogens with zero attached hydrogens (tertiary/aromatic N) is 1. The van der Waals surface area contributed by atoms with E-state index in [2.05, 4.69) is 37.8 Å². The van der Waals surface area contributed by atoms with Gasteiger partial charge in [-0.05, 0) is 73.4 Å². The van der Waals surface area contributed by atoms with Gasteiger partial charge in [-0.2, -0.15) is 0 Å². The summed E-state index contributed by atoms with van der Waals surface area (Å²) in [5.41, 5.74) is 9.02. The number of benzene rings is 3. The first-order valence-electron chi connectivity index (χ1n) is 13.2. The molecule has 3 aromatic carbocycles. The minimum absolute atomic E-state index is 0.236. The van der Waals surface area contributed by atoms with Crippen LogP contribution in [-0.4, -0.2) is 18.5 Å². The SMILES string of the molecule is CCCCCCN(C(=O)c1ccc(C#Cc2ccc(CCCC)cc2)cc1)c1ccc(F)c(OC(N)=O)c1. The third-order valence-corrected chi connectivity index (χ3v) is 6.17. The zero-order valence-corrected chi connectivity index (χ0v) is 22.1. The predicted octanol–water partition coefficient (Wildman–Crippen LogP) is 7.25. The van der Waals surface area contributed by atoms with Crippen molar-refractivity contribution in [2.24, 2.45) is 5.73 Å². The zero-order valence-electron chi connectivity index (χ0n) is 22.1. The maximum atomic E-state index is 14.1. The minimum Gasteiger partial charge on any atom is -0.407 e. The number of anilines is 1. The highest BCUT2D eigenvalue weighted by molar-refractivity contribution is 6.06. The van der Waals surface area contributed by atoms with E-state index in [1.165, 1.54) is 30.5 Å². The topological polar surface area (TPSA) is 72.6 Å². The second-order valence-electron chi connectivity index (χ2n) is 9.18. The smallest absolute Gasteiger partial charge is 0.407 e. The number of ether oxygens (including phenoxy) is 1. The number of hydrogen-bond donors (Lipinski definition) is 1. The Morgan fingerprint density at radius 1 is 0.842 bits per heavy atom. The van der Waals surface area contributed by atoms with Gasteiger partial charge in [0.05, 0.1) is 0 Å². The van der Waals surface area contributed by atoms with E-state index in [0.29, 0.717) is 17.8 Å². The first kappa shape index (κ1) is 28.5. The van der Waals surface area contributed by atoms with Crippen LogP contribution in [0.4, 0.5) is 14.9 Å². The molecule has 0 fully saturated rings. The van der Waals surface area contributed by atoms with E-state index in [0.717, 1.165) is 49.3 Å². The lowest BCUT2D eigenvalue weighted by Gasteiger charge is -2.23. The van der Waals surface area contributed by atoms with Crippen LogP contribution in [0.15, 0.2) is 66.7 Å². The molecule has 3 rings (SSSR count). The van der Waals surface area contributed by atoms with Crippen molar-refractivity contribution in [1.29, 1.82) is 0 Å². The Labute approximate surface area is 224 Å². The summed E-state index contributed by atoms with van der Waals surface area (Å²) >= 11 is 0. The van der Waals surface area contributed by atoms with Gasteiger partial charge in [-0.25, -0.2) is 9.18 Å². The number of rotatable bonds is 11. The molecule has 0 aromatic heterocycles. The van der Waals surface area contributed by atoms with E-state index in [1.807, 2.05) is 24.3 Å². The van der Waals surface area contributed by atoms with Crippen molar-refractivity contribution in [1.82, 2.24) is 0 Å². The maximum Gasteiger partial charge on any atom is 0.410 e. The van der Waals surface area contributed by atoms with Gasteiger partial charge in [-0.15, -0.1) is 0 Å². The van der Waals surface area contributed by atoms with Gasteiger partial charge in [0.15, 0.2) is 11.6 Å². The van der Waals surface area contributed by atoms with Gasteiger partial charge in [0.1, 0.15) is 0 Å². The van der Waals surface area contributed by atoms with Crippen molar-refractivity contribution in [2.75, 3.05) is 11.4 Å². The molecule has 5 nitrogen and oxygen atoms in total. The molecule has 38 heavy (non-hydrogen) atoms. The van der Waals surface area contributed by atoms with E-state index >= 15 is 0 Å². The van der Waals surface area contributed by atoms with Crippen LogP contribution in [0, 0.1) is 17.7 Å². The Morgan fingerprint density at radius 2 is 1.47 bits per heavy atom. The normalized spacial score (nSPS) is 10.4. The Morgan fingerprint density at radius 3 is 2.08 bits per heavy atom. The van der Waals surface area contributed by atoms with Gasteiger partial charge in [0.2, 0.25) is 0 Å². The highest BCUT2D eigenvalue weighted by Gasteiger charge is 2.20. The van der Waals surface area contributed by atoms with E-state index in [-0.39, 0.29) is 11.7 Å². The fourth-order valence-corrected chi connectivity index (χ4v) is 4.02. The van der Waals surface area contributed by atoms with Gasteiger partial charge < -0.3 is 15.4 Å². The van der Waals surface area contributed by atoms with Crippen LogP contribution in [0.5, 0.6) is 5.75 Å². The largest absolute Gasteiger partial charge is 0.410 e. The third-order valence-electron chi connectivity index (χ3n) is 6.17. The number of primary amides is 1. The first-order valence-corrected chi connectivity index (χ1v) is 13.2. The van der Waals surface area contributed by atoms with Gasteiger partial charge in [0.25, 0.3) is 5.91 Å². The Hall–Kier alpha value is -4.11. The van der Waals surface area contributed by atoms with Crippen LogP contribution in [0.1, 0.15) is 79.4 Å². The second-order valence-corrected chi connectivity index (χ2v) is 9.18. The first-order chi connectivity index (χ1) is 18.4. The molecule has 6 heteroatoms. The molecule has 198 valence electrons. The summed E-state index contributed by atoms with van der Waals surface area (Å²) < 4.78 is 18.9. The number of unbranched alkanes of at least 4 members (excludes halogenated alkanes) is 4. The van der Waals surface area contributed by atoms with Gasteiger partial charge in [-0.3, -0.25) is 4.79 Å². The van der Waals surface area contributed by atoms with Crippen molar-refractivity contribution >= 4 is 17.7 Å². The lowest BCUT2D eigenvalue weighted by Crippen LogP contribution is -2.32. The van der Waals surface area contributed by atoms with Crippen LogP contribution in [0.3, 0.4) is 0 Å². The summed E-state index contributed by atoms with van der Waals surface area (Å²) in [5, 5.41) is 0. The van der Waals surface area contributed by atoms with Crippen molar-refractivity contribution in [3.05, 3.63) is 94.8 Å². The predicted molar refractivity (Wildman–Crippen MR) is 150 cm³/mol. The molecule has 0 saturated heterocycles. The number of aryl methyl sites for hydroxylation is 1. The molecule has 3 aromatic rings. The maximum absolute atomic E-state index is 14.1. The minimum atomic E-state index is -1.12. The molecule has 0 spiro atoms. The number of halogens is 1. The number of hydrogen-bond acceptors (Lipinski definition) is 3. The molecule has 0 aliphatic rings.